The van der Waals surface area contributed by atoms with Crippen molar-refractivity contribution in [3.8, 4) is 5.75 Å². The number of hydrogen-bond donors (Lipinski definition) is 3. The fraction of sp³-hybridized carbons (Fsp3) is 0.136. The molecule has 0 fully saturated rings. The Morgan fingerprint density at radius 1 is 1.00 bits per heavy atom. The molecule has 0 aliphatic heterocycles. The summed E-state index contributed by atoms with van der Waals surface area (Å²) in [5.41, 5.74) is 2.90. The second kappa shape index (κ2) is 11.6. The Morgan fingerprint density at radius 2 is 1.71 bits per heavy atom. The fourth-order valence-electron chi connectivity index (χ4n) is 2.63. The Bertz CT molecular complexity index is 1270. The van der Waals surface area contributed by atoms with Gasteiger partial charge in [0.15, 0.2) is 0 Å². The van der Waals surface area contributed by atoms with Gasteiger partial charge in [0.2, 0.25) is 10.0 Å². The molecule has 0 bridgehead atoms. The fourth-order valence-corrected chi connectivity index (χ4v) is 3.89. The summed E-state index contributed by atoms with van der Waals surface area (Å²) in [7, 11) is -2.15. The lowest BCUT2D eigenvalue weighted by Crippen LogP contribution is -2.37. The van der Waals surface area contributed by atoms with Gasteiger partial charge in [-0.3, -0.25) is 9.59 Å². The van der Waals surface area contributed by atoms with Gasteiger partial charge in [0.05, 0.1) is 24.8 Å². The zero-order valence-corrected chi connectivity index (χ0v) is 20.4. The first-order chi connectivity index (χ1) is 16.3. The highest BCUT2D eigenvalue weighted by molar-refractivity contribution is 9.10. The number of halogens is 1. The summed E-state index contributed by atoms with van der Waals surface area (Å²) in [6.07, 6.45) is 1.20. The number of hydrogen-bond acceptors (Lipinski definition) is 7. The number of methoxy groups -OCH3 is 1. The normalized spacial score (nSPS) is 11.4. The Balaban J connectivity index is 1.45. The number of nitrogens with one attached hydrogen (secondary N) is 3. The molecule has 2 amide bonds. The molecule has 34 heavy (non-hydrogen) atoms. The van der Waals surface area contributed by atoms with Crippen LogP contribution in [0, 0.1) is 0 Å². The first kappa shape index (κ1) is 25.1. The van der Waals surface area contributed by atoms with Crippen LogP contribution in [0.1, 0.15) is 17.1 Å². The van der Waals surface area contributed by atoms with Crippen molar-refractivity contribution < 1.29 is 27.2 Å². The second-order valence-electron chi connectivity index (χ2n) is 6.81. The lowest BCUT2D eigenvalue weighted by Gasteiger charge is -2.05. The lowest BCUT2D eigenvalue weighted by atomic mass is 10.2. The molecular weight excluding hydrogens is 528 g/mol. The second-order valence-corrected chi connectivity index (χ2v) is 9.50. The zero-order chi connectivity index (χ0) is 24.6. The van der Waals surface area contributed by atoms with E-state index in [-0.39, 0.29) is 23.7 Å². The number of ether oxygens (including phenoxy) is 1. The third kappa shape index (κ3) is 7.27. The third-order valence-electron chi connectivity index (χ3n) is 4.42. The van der Waals surface area contributed by atoms with E-state index in [4.69, 9.17) is 9.15 Å². The van der Waals surface area contributed by atoms with Crippen LogP contribution in [0.3, 0.4) is 0 Å². The highest BCUT2D eigenvalue weighted by atomic mass is 79.9. The Kier molecular flexibility index (Phi) is 8.57. The molecule has 1 aromatic heterocycles. The molecule has 12 heteroatoms. The molecule has 3 N–H and O–H groups in total. The molecule has 0 saturated heterocycles. The van der Waals surface area contributed by atoms with Crippen molar-refractivity contribution in [1.29, 1.82) is 0 Å². The van der Waals surface area contributed by atoms with Crippen LogP contribution in [0.5, 0.6) is 5.75 Å². The molecule has 0 unspecified atom stereocenters. The van der Waals surface area contributed by atoms with Crippen molar-refractivity contribution in [1.82, 2.24) is 15.5 Å². The topological polar surface area (TPSA) is 139 Å². The summed E-state index contributed by atoms with van der Waals surface area (Å²) in [4.78, 5) is 23.9. The Morgan fingerprint density at radius 3 is 2.38 bits per heavy atom. The molecule has 0 aliphatic rings. The number of furan rings is 1. The monoisotopic (exact) mass is 548 g/mol. The van der Waals surface area contributed by atoms with E-state index in [0.717, 1.165) is 10.0 Å². The van der Waals surface area contributed by atoms with Crippen LogP contribution in [0.2, 0.25) is 0 Å². The predicted octanol–water partition coefficient (Wildman–Crippen LogP) is 2.30. The summed E-state index contributed by atoms with van der Waals surface area (Å²) in [5, 5.41) is 6.16. The van der Waals surface area contributed by atoms with Crippen LogP contribution in [0.15, 0.2) is 79.6 Å². The van der Waals surface area contributed by atoms with Gasteiger partial charge in [0.1, 0.15) is 17.3 Å². The first-order valence-electron chi connectivity index (χ1n) is 9.85. The van der Waals surface area contributed by atoms with Gasteiger partial charge in [-0.1, -0.05) is 28.1 Å². The van der Waals surface area contributed by atoms with Gasteiger partial charge in [-0.15, -0.1) is 0 Å². The minimum absolute atomic E-state index is 0.0770. The van der Waals surface area contributed by atoms with E-state index in [0.29, 0.717) is 11.5 Å². The van der Waals surface area contributed by atoms with Crippen molar-refractivity contribution in [3.05, 3.63) is 82.2 Å². The Hall–Kier alpha value is -3.48. The number of carbonyl (C=O) groups is 2. The van der Waals surface area contributed by atoms with Gasteiger partial charge in [0.25, 0.3) is 0 Å². The van der Waals surface area contributed by atoms with Gasteiger partial charge >= 0.3 is 11.8 Å². The summed E-state index contributed by atoms with van der Waals surface area (Å²) in [6.45, 7) is 0.0873. The van der Waals surface area contributed by atoms with E-state index in [9.17, 15) is 18.0 Å². The maximum absolute atomic E-state index is 12.3. The molecule has 1 heterocycles. The average Bonchev–Trinajstić information content (AvgIpc) is 3.29. The largest absolute Gasteiger partial charge is 0.497 e. The van der Waals surface area contributed by atoms with E-state index in [1.165, 1.54) is 18.3 Å². The number of hydrazone groups is 1. The van der Waals surface area contributed by atoms with E-state index in [2.05, 4.69) is 36.5 Å². The zero-order valence-electron chi connectivity index (χ0n) is 17.9. The van der Waals surface area contributed by atoms with E-state index in [1.54, 1.807) is 55.6 Å². The van der Waals surface area contributed by atoms with Crippen LogP contribution >= 0.6 is 15.9 Å². The number of carbonyl (C=O) groups excluding carboxylic acids is 2. The van der Waals surface area contributed by atoms with Crippen LogP contribution < -0.4 is 20.2 Å². The third-order valence-corrected chi connectivity index (χ3v) is 6.36. The molecular formula is C22H21BrN4O6S. The molecule has 3 aromatic rings. The maximum Gasteiger partial charge on any atom is 0.329 e. The molecule has 10 nitrogen and oxygen atoms in total. The smallest absolute Gasteiger partial charge is 0.329 e. The average molecular weight is 549 g/mol. The number of sulfonamides is 1. The molecule has 0 saturated carbocycles. The molecule has 0 radical (unpaired) electrons. The van der Waals surface area contributed by atoms with Crippen molar-refractivity contribution in [2.75, 3.05) is 7.11 Å². The highest BCUT2D eigenvalue weighted by Gasteiger charge is 2.15. The van der Waals surface area contributed by atoms with Crippen molar-refractivity contribution in [3.63, 3.8) is 0 Å². The van der Waals surface area contributed by atoms with Gasteiger partial charge in [0, 0.05) is 11.0 Å². The van der Waals surface area contributed by atoms with Crippen molar-refractivity contribution in [2.45, 2.75) is 18.0 Å². The number of benzene rings is 2. The van der Waals surface area contributed by atoms with Gasteiger partial charge < -0.3 is 14.5 Å². The summed E-state index contributed by atoms with van der Waals surface area (Å²) in [5.74, 6) is -0.512. The standard InChI is InChI=1S/C22H21BrN4O6S/c1-32-17-6-2-15(3-7-17)12-24-21(28)22(29)27-25-13-18-8-9-19(33-18)14-26-34(30,31)20-10-4-16(23)5-11-20/h2-11,13,26H,12,14H2,1H3,(H,24,28)(H,27,29)/b25-13+. The highest BCUT2D eigenvalue weighted by Crippen LogP contribution is 2.15. The van der Waals surface area contributed by atoms with E-state index < -0.39 is 21.8 Å². The quantitative estimate of drug-likeness (QED) is 0.213. The van der Waals surface area contributed by atoms with Gasteiger partial charge in [-0.25, -0.2) is 18.6 Å². The summed E-state index contributed by atoms with van der Waals surface area (Å²) >= 11 is 3.25. The molecule has 3 rings (SSSR count). The summed E-state index contributed by atoms with van der Waals surface area (Å²) < 4.78 is 38.4. The van der Waals surface area contributed by atoms with Gasteiger partial charge in [-0.2, -0.15) is 5.10 Å². The SMILES string of the molecule is COc1ccc(CNC(=O)C(=O)N/N=C/c2ccc(CNS(=O)(=O)c3ccc(Br)cc3)o2)cc1. The van der Waals surface area contributed by atoms with E-state index >= 15 is 0 Å². The molecule has 0 aliphatic carbocycles. The summed E-state index contributed by atoms with van der Waals surface area (Å²) in [6, 6.07) is 16.3. The molecule has 178 valence electrons. The van der Waals surface area contributed by atoms with E-state index in [1.807, 2.05) is 0 Å². The Labute approximate surface area is 204 Å². The minimum atomic E-state index is -3.71. The van der Waals surface area contributed by atoms with Crippen LogP contribution in [0.4, 0.5) is 0 Å². The molecule has 2 aromatic carbocycles. The maximum atomic E-state index is 12.3. The van der Waals surface area contributed by atoms with Gasteiger partial charge in [-0.05, 0) is 54.1 Å². The van der Waals surface area contributed by atoms with Crippen LogP contribution in [-0.2, 0) is 32.7 Å². The molecule has 0 atom stereocenters. The number of amides is 2. The van der Waals surface area contributed by atoms with Crippen LogP contribution in [0.25, 0.3) is 0 Å². The van der Waals surface area contributed by atoms with Crippen molar-refractivity contribution in [2.24, 2.45) is 5.10 Å². The number of nitrogens with zero attached hydrogens (tertiary/aromatic N) is 1. The van der Waals surface area contributed by atoms with Crippen molar-refractivity contribution >= 4 is 44.0 Å². The number of rotatable bonds is 9. The minimum Gasteiger partial charge on any atom is -0.497 e. The van der Waals surface area contributed by atoms with Crippen LogP contribution in [-0.4, -0.2) is 33.6 Å². The lowest BCUT2D eigenvalue weighted by molar-refractivity contribution is -0.139. The predicted molar refractivity (Wildman–Crippen MR) is 127 cm³/mol. The first-order valence-corrected chi connectivity index (χ1v) is 12.1. The molecule has 0 spiro atoms.